The van der Waals surface area contributed by atoms with Crippen LogP contribution in [0.1, 0.15) is 29.6 Å². The molecule has 1 saturated heterocycles. The molecule has 4 N–H and O–H groups in total. The number of carbonyl (C=O) groups is 1. The van der Waals surface area contributed by atoms with Crippen LogP contribution in [0.3, 0.4) is 0 Å². The smallest absolute Gasteiger partial charge is 0.255 e. The monoisotopic (exact) mass is 263 g/mol. The van der Waals surface area contributed by atoms with Gasteiger partial charge >= 0.3 is 0 Å². The van der Waals surface area contributed by atoms with Crippen LogP contribution in [-0.2, 0) is 0 Å². The van der Waals surface area contributed by atoms with E-state index >= 15 is 0 Å². The topological polar surface area (TPSA) is 83.3 Å². The Hall–Kier alpha value is -1.66. The number of pyridine rings is 1. The van der Waals surface area contributed by atoms with Gasteiger partial charge in [0.25, 0.3) is 5.91 Å². The zero-order valence-corrected chi connectivity index (χ0v) is 11.1. The highest BCUT2D eigenvalue weighted by molar-refractivity contribution is 5.99. The van der Waals surface area contributed by atoms with E-state index < -0.39 is 0 Å². The Labute approximate surface area is 113 Å². The fourth-order valence-corrected chi connectivity index (χ4v) is 2.31. The number of aromatic nitrogens is 1. The maximum atomic E-state index is 12.0. The molecule has 0 aliphatic carbocycles. The van der Waals surface area contributed by atoms with Gasteiger partial charge in [-0.05, 0) is 32.0 Å². The number of hydrogen-bond acceptors (Lipinski definition) is 5. The van der Waals surface area contributed by atoms with E-state index in [4.69, 9.17) is 5.84 Å². The number of carbonyl (C=O) groups excluding carboxylic acids is 1. The van der Waals surface area contributed by atoms with Crippen molar-refractivity contribution in [3.8, 4) is 0 Å². The van der Waals surface area contributed by atoms with Gasteiger partial charge in [0.05, 0.1) is 11.3 Å². The van der Waals surface area contributed by atoms with Gasteiger partial charge in [0, 0.05) is 25.5 Å². The molecule has 1 aliphatic heterocycles. The lowest BCUT2D eigenvalue weighted by Crippen LogP contribution is -2.37. The average Bonchev–Trinajstić information content (AvgIpc) is 2.48. The van der Waals surface area contributed by atoms with Gasteiger partial charge in [-0.3, -0.25) is 15.6 Å². The Morgan fingerprint density at radius 3 is 2.89 bits per heavy atom. The minimum absolute atomic E-state index is 0.141. The third-order valence-corrected chi connectivity index (χ3v) is 3.38. The molecule has 104 valence electrons. The summed E-state index contributed by atoms with van der Waals surface area (Å²) < 4.78 is 0. The largest absolute Gasteiger partial charge is 0.351 e. The molecule has 6 nitrogen and oxygen atoms in total. The molecule has 6 heteroatoms. The van der Waals surface area contributed by atoms with Gasteiger partial charge in [0.1, 0.15) is 0 Å². The van der Waals surface area contributed by atoms with E-state index in [1.807, 2.05) is 0 Å². The van der Waals surface area contributed by atoms with Crippen molar-refractivity contribution in [2.24, 2.45) is 5.84 Å². The van der Waals surface area contributed by atoms with Gasteiger partial charge < -0.3 is 15.6 Å². The number of rotatable bonds is 5. The lowest BCUT2D eigenvalue weighted by Gasteiger charge is -2.26. The van der Waals surface area contributed by atoms with E-state index in [9.17, 15) is 4.79 Å². The van der Waals surface area contributed by atoms with Crippen LogP contribution >= 0.6 is 0 Å². The van der Waals surface area contributed by atoms with Crippen LogP contribution in [-0.4, -0.2) is 42.0 Å². The highest BCUT2D eigenvalue weighted by atomic mass is 16.1. The summed E-state index contributed by atoms with van der Waals surface area (Å²) in [5.41, 5.74) is 3.57. The fraction of sp³-hybridized carbons (Fsp3) is 0.538. The second kappa shape index (κ2) is 7.06. The van der Waals surface area contributed by atoms with E-state index in [0.717, 1.165) is 19.6 Å². The van der Waals surface area contributed by atoms with Crippen molar-refractivity contribution in [1.29, 1.82) is 0 Å². The summed E-state index contributed by atoms with van der Waals surface area (Å²) in [6.45, 7) is 3.83. The first kappa shape index (κ1) is 13.8. The molecule has 0 saturated carbocycles. The average molecular weight is 263 g/mol. The Balaban J connectivity index is 1.80. The molecule has 1 fully saturated rings. The van der Waals surface area contributed by atoms with Crippen LogP contribution < -0.4 is 16.6 Å². The van der Waals surface area contributed by atoms with Crippen LogP contribution in [0.2, 0.25) is 0 Å². The Kier molecular flexibility index (Phi) is 5.11. The molecule has 0 bridgehead atoms. The fourth-order valence-electron chi connectivity index (χ4n) is 2.31. The maximum Gasteiger partial charge on any atom is 0.255 e. The van der Waals surface area contributed by atoms with Crippen molar-refractivity contribution < 1.29 is 4.79 Å². The molecule has 0 aromatic carbocycles. The van der Waals surface area contributed by atoms with Crippen LogP contribution in [0.15, 0.2) is 18.5 Å². The first-order chi connectivity index (χ1) is 9.31. The van der Waals surface area contributed by atoms with Crippen molar-refractivity contribution in [2.45, 2.75) is 19.3 Å². The maximum absolute atomic E-state index is 12.0. The predicted octanol–water partition coefficient (Wildman–Crippen LogP) is 0.583. The molecule has 19 heavy (non-hydrogen) atoms. The summed E-state index contributed by atoms with van der Waals surface area (Å²) in [5.74, 6) is 5.23. The number of nitrogens with one attached hydrogen (secondary N) is 2. The lowest BCUT2D eigenvalue weighted by molar-refractivity contribution is 0.0947. The van der Waals surface area contributed by atoms with Crippen LogP contribution in [0.5, 0.6) is 0 Å². The molecule has 1 amide bonds. The Bertz CT molecular complexity index is 417. The standard InChI is InChI=1S/C13H21N5O/c14-17-12-4-5-15-10-11(12)13(19)16-6-9-18-7-2-1-3-8-18/h4-5,10H,1-3,6-9,14H2,(H,15,17)(H,16,19). The molecule has 0 unspecified atom stereocenters. The predicted molar refractivity (Wildman–Crippen MR) is 74.7 cm³/mol. The number of nitrogens with two attached hydrogens (primary N) is 1. The van der Waals surface area contributed by atoms with E-state index in [0.29, 0.717) is 17.8 Å². The SMILES string of the molecule is NNc1ccncc1C(=O)NCCN1CCCCC1. The number of hydrazine groups is 1. The summed E-state index contributed by atoms with van der Waals surface area (Å²) in [6, 6.07) is 1.68. The van der Waals surface area contributed by atoms with Gasteiger partial charge in [0.2, 0.25) is 0 Å². The van der Waals surface area contributed by atoms with Crippen LogP contribution in [0.25, 0.3) is 0 Å². The molecule has 0 spiro atoms. The summed E-state index contributed by atoms with van der Waals surface area (Å²) >= 11 is 0. The van der Waals surface area contributed by atoms with Gasteiger partial charge in [0.15, 0.2) is 0 Å². The third kappa shape index (κ3) is 3.90. The van der Waals surface area contributed by atoms with Gasteiger partial charge in [-0.25, -0.2) is 0 Å². The first-order valence-electron chi connectivity index (χ1n) is 6.72. The minimum atomic E-state index is -0.141. The van der Waals surface area contributed by atoms with E-state index in [1.54, 1.807) is 12.3 Å². The zero-order valence-electron chi connectivity index (χ0n) is 11.1. The number of amides is 1. The third-order valence-electron chi connectivity index (χ3n) is 3.38. The molecule has 2 rings (SSSR count). The van der Waals surface area contributed by atoms with Gasteiger partial charge in [-0.2, -0.15) is 0 Å². The molecule has 1 aromatic rings. The lowest BCUT2D eigenvalue weighted by atomic mass is 10.1. The van der Waals surface area contributed by atoms with Gasteiger partial charge in [-0.1, -0.05) is 6.42 Å². The van der Waals surface area contributed by atoms with Crippen molar-refractivity contribution in [2.75, 3.05) is 31.6 Å². The first-order valence-corrected chi connectivity index (χ1v) is 6.72. The van der Waals surface area contributed by atoms with E-state index in [1.165, 1.54) is 25.5 Å². The molecule has 0 atom stereocenters. The molecular weight excluding hydrogens is 242 g/mol. The highest BCUT2D eigenvalue weighted by Crippen LogP contribution is 2.11. The van der Waals surface area contributed by atoms with Crippen molar-refractivity contribution in [3.63, 3.8) is 0 Å². The number of anilines is 1. The van der Waals surface area contributed by atoms with Crippen molar-refractivity contribution in [3.05, 3.63) is 24.0 Å². The summed E-state index contributed by atoms with van der Waals surface area (Å²) in [6.07, 6.45) is 6.96. The van der Waals surface area contributed by atoms with E-state index in [2.05, 4.69) is 20.6 Å². The number of nitrogen functional groups attached to an aromatic ring is 1. The molecule has 0 radical (unpaired) electrons. The van der Waals surface area contributed by atoms with E-state index in [-0.39, 0.29) is 5.91 Å². The van der Waals surface area contributed by atoms with Crippen molar-refractivity contribution >= 4 is 11.6 Å². The number of likely N-dealkylation sites (tertiary alicyclic amines) is 1. The second-order valence-electron chi connectivity index (χ2n) is 4.72. The summed E-state index contributed by atoms with van der Waals surface area (Å²) in [5, 5.41) is 2.90. The summed E-state index contributed by atoms with van der Waals surface area (Å²) in [4.78, 5) is 18.3. The quantitative estimate of drug-likeness (QED) is 0.535. The second-order valence-corrected chi connectivity index (χ2v) is 4.72. The molecule has 2 heterocycles. The van der Waals surface area contributed by atoms with Gasteiger partial charge in [-0.15, -0.1) is 0 Å². The Morgan fingerprint density at radius 1 is 1.37 bits per heavy atom. The van der Waals surface area contributed by atoms with Crippen molar-refractivity contribution in [1.82, 2.24) is 15.2 Å². The number of nitrogens with zero attached hydrogens (tertiary/aromatic N) is 2. The summed E-state index contributed by atoms with van der Waals surface area (Å²) in [7, 11) is 0. The normalized spacial score (nSPS) is 16.1. The molecular formula is C13H21N5O. The molecule has 1 aromatic heterocycles. The number of piperidine rings is 1. The molecule has 1 aliphatic rings. The zero-order chi connectivity index (χ0) is 13.5. The minimum Gasteiger partial charge on any atom is -0.351 e. The van der Waals surface area contributed by atoms with Crippen LogP contribution in [0.4, 0.5) is 5.69 Å². The number of hydrogen-bond donors (Lipinski definition) is 3. The van der Waals surface area contributed by atoms with Crippen LogP contribution in [0, 0.1) is 0 Å². The highest BCUT2D eigenvalue weighted by Gasteiger charge is 2.12. The Morgan fingerprint density at radius 2 is 2.16 bits per heavy atom.